The van der Waals surface area contributed by atoms with E-state index in [2.05, 4.69) is 35.9 Å². The third-order valence-electron chi connectivity index (χ3n) is 4.24. The Morgan fingerprint density at radius 1 is 0.903 bits per heavy atom. The van der Waals surface area contributed by atoms with Gasteiger partial charge in [0.2, 0.25) is 11.9 Å². The first kappa shape index (κ1) is 20.2. The molecule has 154 valence electrons. The fourth-order valence-corrected chi connectivity index (χ4v) is 2.97. The van der Waals surface area contributed by atoms with Gasteiger partial charge in [-0.3, -0.25) is 4.79 Å². The second-order valence-corrected chi connectivity index (χ2v) is 6.88. The van der Waals surface area contributed by atoms with Crippen molar-refractivity contribution in [2.24, 2.45) is 0 Å². The largest absolute Gasteiger partial charge is 0.357 e. The molecule has 2 heterocycles. The summed E-state index contributed by atoms with van der Waals surface area (Å²) >= 11 is 6.09. The van der Waals surface area contributed by atoms with Crippen molar-refractivity contribution in [3.63, 3.8) is 0 Å². The molecule has 31 heavy (non-hydrogen) atoms. The van der Waals surface area contributed by atoms with E-state index < -0.39 is 0 Å². The maximum absolute atomic E-state index is 12.6. The van der Waals surface area contributed by atoms with Gasteiger partial charge in [-0.05, 0) is 36.4 Å². The number of benzene rings is 2. The van der Waals surface area contributed by atoms with E-state index >= 15 is 0 Å². The molecule has 8 nitrogen and oxygen atoms in total. The van der Waals surface area contributed by atoms with E-state index in [1.54, 1.807) is 37.5 Å². The number of anilines is 4. The van der Waals surface area contributed by atoms with Gasteiger partial charge in [-0.15, -0.1) is 0 Å². The molecule has 0 fully saturated rings. The zero-order chi connectivity index (χ0) is 21.6. The predicted molar refractivity (Wildman–Crippen MR) is 122 cm³/mol. The summed E-state index contributed by atoms with van der Waals surface area (Å²) in [6.07, 6.45) is 1.54. The lowest BCUT2D eigenvalue weighted by molar-refractivity contribution is 0.102. The van der Waals surface area contributed by atoms with Crippen molar-refractivity contribution in [1.29, 1.82) is 0 Å². The Morgan fingerprint density at radius 2 is 1.71 bits per heavy atom. The Kier molecular flexibility index (Phi) is 6.00. The van der Waals surface area contributed by atoms with Crippen LogP contribution in [0.5, 0.6) is 0 Å². The molecule has 0 unspecified atom stereocenters. The van der Waals surface area contributed by atoms with Crippen LogP contribution < -0.4 is 16.0 Å². The van der Waals surface area contributed by atoms with Crippen molar-refractivity contribution in [3.8, 4) is 11.4 Å². The highest BCUT2D eigenvalue weighted by Gasteiger charge is 2.11. The lowest BCUT2D eigenvalue weighted by Gasteiger charge is -2.10. The molecule has 0 aliphatic heterocycles. The highest BCUT2D eigenvalue weighted by Crippen LogP contribution is 2.22. The van der Waals surface area contributed by atoms with Crippen LogP contribution in [-0.2, 0) is 0 Å². The molecule has 0 saturated carbocycles. The second-order valence-electron chi connectivity index (χ2n) is 6.44. The molecule has 2 aromatic heterocycles. The van der Waals surface area contributed by atoms with Gasteiger partial charge in [-0.2, -0.15) is 15.0 Å². The van der Waals surface area contributed by atoms with E-state index in [1.807, 2.05) is 42.5 Å². The summed E-state index contributed by atoms with van der Waals surface area (Å²) in [4.78, 5) is 30.0. The van der Waals surface area contributed by atoms with Crippen molar-refractivity contribution < 1.29 is 4.79 Å². The maximum Gasteiger partial charge on any atom is 0.255 e. The first-order valence-electron chi connectivity index (χ1n) is 9.40. The van der Waals surface area contributed by atoms with Crippen LogP contribution in [0.2, 0.25) is 5.02 Å². The van der Waals surface area contributed by atoms with E-state index in [9.17, 15) is 4.79 Å². The summed E-state index contributed by atoms with van der Waals surface area (Å²) in [5.74, 6) is 1.28. The molecule has 0 atom stereocenters. The van der Waals surface area contributed by atoms with E-state index in [4.69, 9.17) is 11.6 Å². The molecule has 4 rings (SSSR count). The molecule has 0 spiro atoms. The van der Waals surface area contributed by atoms with Crippen molar-refractivity contribution in [1.82, 2.24) is 19.9 Å². The highest BCUT2D eigenvalue weighted by molar-refractivity contribution is 6.30. The average Bonchev–Trinajstić information content (AvgIpc) is 2.79. The zero-order valence-corrected chi connectivity index (χ0v) is 17.3. The van der Waals surface area contributed by atoms with Crippen LogP contribution in [0.1, 0.15) is 10.4 Å². The molecule has 1 amide bonds. The van der Waals surface area contributed by atoms with Gasteiger partial charge in [0.15, 0.2) is 5.82 Å². The molecular formula is C22H18ClN7O. The monoisotopic (exact) mass is 431 g/mol. The van der Waals surface area contributed by atoms with Crippen molar-refractivity contribution in [3.05, 3.63) is 83.5 Å². The minimum atomic E-state index is -0.247. The van der Waals surface area contributed by atoms with Crippen LogP contribution in [0.4, 0.5) is 23.4 Å². The topological polar surface area (TPSA) is 105 Å². The summed E-state index contributed by atoms with van der Waals surface area (Å²) < 4.78 is 0. The fraction of sp³-hybridized carbons (Fsp3) is 0.0455. The number of nitrogens with one attached hydrogen (secondary N) is 3. The quantitative estimate of drug-likeness (QED) is 0.409. The Morgan fingerprint density at radius 3 is 2.48 bits per heavy atom. The zero-order valence-electron chi connectivity index (χ0n) is 16.5. The predicted octanol–water partition coefficient (Wildman–Crippen LogP) is 4.62. The highest BCUT2D eigenvalue weighted by atomic mass is 35.5. The minimum Gasteiger partial charge on any atom is -0.357 e. The maximum atomic E-state index is 12.6. The number of aromatic nitrogens is 4. The molecule has 3 N–H and O–H groups in total. The minimum absolute atomic E-state index is 0.247. The van der Waals surface area contributed by atoms with Gasteiger partial charge < -0.3 is 16.0 Å². The number of halogens is 1. The van der Waals surface area contributed by atoms with Crippen LogP contribution in [0.3, 0.4) is 0 Å². The van der Waals surface area contributed by atoms with Crippen LogP contribution in [0.15, 0.2) is 72.9 Å². The van der Waals surface area contributed by atoms with Crippen LogP contribution >= 0.6 is 11.6 Å². The van der Waals surface area contributed by atoms with E-state index in [0.29, 0.717) is 33.9 Å². The average molecular weight is 432 g/mol. The number of hydrogen-bond donors (Lipinski definition) is 3. The Labute approximate surface area is 183 Å². The Hall–Kier alpha value is -4.04. The molecule has 0 bridgehead atoms. The van der Waals surface area contributed by atoms with Crippen LogP contribution in [0.25, 0.3) is 11.4 Å². The molecule has 9 heteroatoms. The Bertz CT molecular complexity index is 1220. The summed E-state index contributed by atoms with van der Waals surface area (Å²) in [6.45, 7) is 0. The molecule has 0 aliphatic carbocycles. The number of nitrogens with zero attached hydrogens (tertiary/aromatic N) is 4. The summed E-state index contributed by atoms with van der Waals surface area (Å²) in [5.41, 5.74) is 1.90. The molecule has 4 aromatic rings. The summed E-state index contributed by atoms with van der Waals surface area (Å²) in [7, 11) is 1.72. The van der Waals surface area contributed by atoms with Gasteiger partial charge in [0.1, 0.15) is 5.82 Å². The van der Waals surface area contributed by atoms with Gasteiger partial charge in [0.05, 0.1) is 0 Å². The van der Waals surface area contributed by atoms with Gasteiger partial charge in [0, 0.05) is 35.1 Å². The normalized spacial score (nSPS) is 10.4. The van der Waals surface area contributed by atoms with Gasteiger partial charge in [-0.1, -0.05) is 41.9 Å². The van der Waals surface area contributed by atoms with Crippen molar-refractivity contribution >= 4 is 40.9 Å². The van der Waals surface area contributed by atoms with E-state index in [1.165, 1.54) is 0 Å². The molecule has 2 aromatic carbocycles. The molecule has 0 saturated heterocycles. The first-order valence-corrected chi connectivity index (χ1v) is 9.78. The number of para-hydroxylation sites is 1. The lowest BCUT2D eigenvalue weighted by Crippen LogP contribution is -2.12. The summed E-state index contributed by atoms with van der Waals surface area (Å²) in [6, 6.07) is 19.7. The van der Waals surface area contributed by atoms with Crippen molar-refractivity contribution in [2.45, 2.75) is 0 Å². The Balaban J connectivity index is 1.58. The number of carbonyl (C=O) groups is 1. The standard InChI is InChI=1S/C22H18ClN7O/c1-24-21-28-19(14-6-5-7-16(23)12-14)29-22(30-21)27-18-13-15(10-11-25-18)20(31)26-17-8-3-2-4-9-17/h2-13H,1H3,(H,26,31)(H2,24,25,27,28,29,30). The number of rotatable bonds is 6. The molecule has 0 radical (unpaired) electrons. The number of amides is 1. The number of carbonyl (C=O) groups excluding carboxylic acids is 1. The number of hydrogen-bond acceptors (Lipinski definition) is 7. The van der Waals surface area contributed by atoms with E-state index in [-0.39, 0.29) is 11.9 Å². The fourth-order valence-electron chi connectivity index (χ4n) is 2.78. The third kappa shape index (κ3) is 5.12. The SMILES string of the molecule is CNc1nc(Nc2cc(C(=O)Nc3ccccc3)ccn2)nc(-c2cccc(Cl)c2)n1. The van der Waals surface area contributed by atoms with Gasteiger partial charge >= 0.3 is 0 Å². The van der Waals surface area contributed by atoms with Gasteiger partial charge in [0.25, 0.3) is 5.91 Å². The van der Waals surface area contributed by atoms with Crippen molar-refractivity contribution in [2.75, 3.05) is 23.0 Å². The number of pyridine rings is 1. The van der Waals surface area contributed by atoms with Crippen LogP contribution in [0, 0.1) is 0 Å². The first-order chi connectivity index (χ1) is 15.1. The second kappa shape index (κ2) is 9.19. The van der Waals surface area contributed by atoms with E-state index in [0.717, 1.165) is 5.56 Å². The third-order valence-corrected chi connectivity index (χ3v) is 4.47. The smallest absolute Gasteiger partial charge is 0.255 e. The molecule has 0 aliphatic rings. The van der Waals surface area contributed by atoms with Crippen LogP contribution in [-0.4, -0.2) is 32.9 Å². The lowest BCUT2D eigenvalue weighted by atomic mass is 10.2. The summed E-state index contributed by atoms with van der Waals surface area (Å²) in [5, 5.41) is 9.38. The van der Waals surface area contributed by atoms with Gasteiger partial charge in [-0.25, -0.2) is 4.98 Å². The molecular weight excluding hydrogens is 414 g/mol.